The van der Waals surface area contributed by atoms with Crippen LogP contribution in [0.4, 0.5) is 0 Å². The van der Waals surface area contributed by atoms with E-state index in [1.54, 1.807) is 0 Å². The number of epoxide rings is 3. The summed E-state index contributed by atoms with van der Waals surface area (Å²) in [6.45, 7) is 7.32. The van der Waals surface area contributed by atoms with Gasteiger partial charge >= 0.3 is 17.1 Å². The minimum Gasteiger partial charge on any atom is -0.368 e. The third-order valence-electron chi connectivity index (χ3n) is 4.77. The molecule has 9 heteroatoms. The van der Waals surface area contributed by atoms with Crippen LogP contribution >= 0.6 is 0 Å². The van der Waals surface area contributed by atoms with E-state index in [0.717, 1.165) is 13.7 Å². The molecule has 1 aromatic rings. The van der Waals surface area contributed by atoms with E-state index in [-0.39, 0.29) is 19.6 Å². The highest BCUT2D eigenvalue weighted by atomic mass is 16.6. The Hall–Kier alpha value is -1.71. The van der Waals surface area contributed by atoms with Gasteiger partial charge in [-0.1, -0.05) is 0 Å². The number of nitrogens with zero attached hydrogens (tertiary/aromatic N) is 3. The summed E-state index contributed by atoms with van der Waals surface area (Å²) in [7, 11) is 0. The van der Waals surface area contributed by atoms with Gasteiger partial charge in [-0.25, -0.2) is 28.1 Å². The minimum atomic E-state index is -0.614. The number of hydrogen-bond donors (Lipinski definition) is 0. The molecule has 0 saturated carbocycles. The minimum absolute atomic E-state index is 0.125. The van der Waals surface area contributed by atoms with Gasteiger partial charge < -0.3 is 14.2 Å². The van der Waals surface area contributed by atoms with E-state index < -0.39 is 33.9 Å². The molecule has 9 nitrogen and oxygen atoms in total. The Morgan fingerprint density at radius 3 is 1.04 bits per heavy atom. The quantitative estimate of drug-likeness (QED) is 0.587. The van der Waals surface area contributed by atoms with Gasteiger partial charge in [-0.15, -0.1) is 0 Å². The van der Waals surface area contributed by atoms with Gasteiger partial charge in [0.25, 0.3) is 0 Å². The fourth-order valence-corrected chi connectivity index (χ4v) is 2.74. The van der Waals surface area contributed by atoms with E-state index in [1.807, 2.05) is 20.8 Å². The Morgan fingerprint density at radius 2 is 0.875 bits per heavy atom. The van der Waals surface area contributed by atoms with Gasteiger partial charge in [0.05, 0.1) is 39.5 Å². The fourth-order valence-electron chi connectivity index (χ4n) is 2.74. The van der Waals surface area contributed by atoms with Gasteiger partial charge in [-0.05, 0) is 20.8 Å². The van der Waals surface area contributed by atoms with Gasteiger partial charge in [0.15, 0.2) is 0 Å². The van der Waals surface area contributed by atoms with Crippen LogP contribution in [0.15, 0.2) is 14.4 Å². The number of hydrogen-bond acceptors (Lipinski definition) is 6. The van der Waals surface area contributed by atoms with Crippen LogP contribution in [0.3, 0.4) is 0 Å². The van der Waals surface area contributed by atoms with E-state index in [1.165, 1.54) is 0 Å². The van der Waals surface area contributed by atoms with Gasteiger partial charge in [0.2, 0.25) is 0 Å². The Kier molecular flexibility index (Phi) is 3.08. The van der Waals surface area contributed by atoms with Crippen molar-refractivity contribution in [1.82, 2.24) is 13.7 Å². The second-order valence-corrected chi connectivity index (χ2v) is 7.82. The van der Waals surface area contributed by atoms with Crippen molar-refractivity contribution in [3.63, 3.8) is 0 Å². The lowest BCUT2D eigenvalue weighted by atomic mass is 10.2. The first kappa shape index (κ1) is 15.8. The molecule has 0 radical (unpaired) electrons. The van der Waals surface area contributed by atoms with Gasteiger partial charge in [-0.3, -0.25) is 0 Å². The van der Waals surface area contributed by atoms with E-state index in [9.17, 15) is 14.4 Å². The molecule has 0 aliphatic carbocycles. The van der Waals surface area contributed by atoms with Crippen molar-refractivity contribution in [3.8, 4) is 0 Å². The average Bonchev–Trinajstić information content (AvgIpc) is 3.44. The highest BCUT2D eigenvalue weighted by molar-refractivity contribution is 4.95. The zero-order chi connectivity index (χ0) is 17.3. The predicted molar refractivity (Wildman–Crippen MR) is 82.3 cm³/mol. The summed E-state index contributed by atoms with van der Waals surface area (Å²) in [6.07, 6.45) is 0. The summed E-state index contributed by atoms with van der Waals surface area (Å²) in [6, 6.07) is 0. The molecule has 1 unspecified atom stereocenters. The summed E-state index contributed by atoms with van der Waals surface area (Å²) >= 11 is 0. The van der Waals surface area contributed by atoms with Crippen molar-refractivity contribution >= 4 is 0 Å². The number of rotatable bonds is 6. The number of ether oxygens (including phenoxy) is 3. The Morgan fingerprint density at radius 1 is 0.667 bits per heavy atom. The van der Waals surface area contributed by atoms with Crippen molar-refractivity contribution in [2.45, 2.75) is 57.2 Å². The van der Waals surface area contributed by atoms with Crippen LogP contribution in [0.1, 0.15) is 20.8 Å². The van der Waals surface area contributed by atoms with Crippen LogP contribution < -0.4 is 17.1 Å². The van der Waals surface area contributed by atoms with Crippen LogP contribution in [0.2, 0.25) is 0 Å². The van der Waals surface area contributed by atoms with Crippen LogP contribution in [-0.2, 0) is 33.8 Å². The SMILES string of the molecule is CC1(Cn2c(=O)n(C[C@]3(C)CO3)c(=O)n(C[C@]3(C)CO3)c2=O)CO1. The molecule has 24 heavy (non-hydrogen) atoms. The molecule has 132 valence electrons. The van der Waals surface area contributed by atoms with Gasteiger partial charge in [-0.2, -0.15) is 0 Å². The monoisotopic (exact) mass is 339 g/mol. The Bertz CT molecular complexity index is 722. The summed E-state index contributed by atoms with van der Waals surface area (Å²) in [5, 5.41) is 0. The van der Waals surface area contributed by atoms with Crippen molar-refractivity contribution in [1.29, 1.82) is 0 Å². The summed E-state index contributed by atoms with van der Waals surface area (Å²) in [5.74, 6) is 0. The highest BCUT2D eigenvalue weighted by Gasteiger charge is 2.45. The topological polar surface area (TPSA) is 104 Å². The van der Waals surface area contributed by atoms with E-state index in [0.29, 0.717) is 19.8 Å². The van der Waals surface area contributed by atoms with E-state index >= 15 is 0 Å². The van der Waals surface area contributed by atoms with Gasteiger partial charge in [0, 0.05) is 0 Å². The van der Waals surface area contributed by atoms with Crippen LogP contribution in [0, 0.1) is 0 Å². The molecule has 0 aromatic carbocycles. The lowest BCUT2D eigenvalue weighted by molar-refractivity contribution is 0.247. The second kappa shape index (κ2) is 4.68. The van der Waals surface area contributed by atoms with Crippen molar-refractivity contribution in [2.75, 3.05) is 19.8 Å². The Balaban J connectivity index is 1.84. The summed E-state index contributed by atoms with van der Waals surface area (Å²) in [4.78, 5) is 38.2. The fraction of sp³-hybridized carbons (Fsp3) is 0.800. The molecule has 0 amide bonds. The molecule has 3 fully saturated rings. The van der Waals surface area contributed by atoms with Crippen molar-refractivity contribution in [3.05, 3.63) is 31.5 Å². The van der Waals surface area contributed by atoms with Crippen molar-refractivity contribution < 1.29 is 14.2 Å². The largest absolute Gasteiger partial charge is 0.368 e. The first-order chi connectivity index (χ1) is 11.1. The zero-order valence-electron chi connectivity index (χ0n) is 14.0. The molecule has 3 aliphatic rings. The van der Waals surface area contributed by atoms with E-state index in [4.69, 9.17) is 14.2 Å². The van der Waals surface area contributed by atoms with Gasteiger partial charge in [0.1, 0.15) is 16.8 Å². The lowest BCUT2D eigenvalue weighted by Crippen LogP contribution is -2.57. The molecule has 4 heterocycles. The lowest BCUT2D eigenvalue weighted by Gasteiger charge is -2.17. The molecular weight excluding hydrogens is 318 g/mol. The molecular formula is C15H21N3O6. The normalized spacial score (nSPS) is 36.6. The summed E-state index contributed by atoms with van der Waals surface area (Å²) < 4.78 is 19.2. The molecule has 3 saturated heterocycles. The van der Waals surface area contributed by atoms with Crippen LogP contribution in [0.25, 0.3) is 0 Å². The maximum atomic E-state index is 12.7. The molecule has 3 atom stereocenters. The molecule has 3 aliphatic heterocycles. The van der Waals surface area contributed by atoms with Crippen LogP contribution in [-0.4, -0.2) is 50.3 Å². The first-order valence-corrected chi connectivity index (χ1v) is 8.00. The molecule has 0 N–H and O–H groups in total. The Labute approximate surface area is 137 Å². The standard InChI is InChI=1S/C15H21N3O6/c1-13(7-22-13)4-16-10(19)17(5-14(2)8-23-14)12(21)18(11(16)20)6-15(3)9-24-15/h4-9H2,1-3H3/t13-,14-,15?/m1/s1. The number of aromatic nitrogens is 3. The first-order valence-electron chi connectivity index (χ1n) is 8.00. The predicted octanol–water partition coefficient (Wildman–Crippen LogP) is -1.46. The van der Waals surface area contributed by atoms with Crippen molar-refractivity contribution in [2.24, 2.45) is 0 Å². The maximum Gasteiger partial charge on any atom is 0.336 e. The second-order valence-electron chi connectivity index (χ2n) is 7.82. The third kappa shape index (κ3) is 2.76. The molecule has 4 rings (SSSR count). The average molecular weight is 339 g/mol. The maximum absolute atomic E-state index is 12.7. The smallest absolute Gasteiger partial charge is 0.336 e. The van der Waals surface area contributed by atoms with Crippen LogP contribution in [0.5, 0.6) is 0 Å². The molecule has 1 aromatic heterocycles. The van der Waals surface area contributed by atoms with E-state index in [2.05, 4.69) is 0 Å². The third-order valence-corrected chi connectivity index (χ3v) is 4.77. The molecule has 0 spiro atoms. The summed E-state index contributed by atoms with van der Waals surface area (Å²) in [5.41, 5.74) is -3.42. The highest BCUT2D eigenvalue weighted by Crippen LogP contribution is 2.29. The zero-order valence-corrected chi connectivity index (χ0v) is 14.0. The molecule has 0 bridgehead atoms.